The lowest BCUT2D eigenvalue weighted by Crippen LogP contribution is -1.92. The van der Waals surface area contributed by atoms with E-state index in [2.05, 4.69) is 5.92 Å². The molecule has 0 saturated carbocycles. The number of hydrogen-bond acceptors (Lipinski definition) is 2. The predicted octanol–water partition coefficient (Wildman–Crippen LogP) is 1.22. The highest BCUT2D eigenvalue weighted by molar-refractivity contribution is 5.35. The van der Waals surface area contributed by atoms with Crippen LogP contribution < -0.4 is 0 Å². The maximum Gasteiger partial charge on any atom is 0.140 e. The minimum Gasteiger partial charge on any atom is -0.376 e. The maximum atomic E-state index is 9.20. The Morgan fingerprint density at radius 2 is 2.25 bits per heavy atom. The average Bonchev–Trinajstić information content (AvgIpc) is 2.17. The molecule has 0 aliphatic carbocycles. The first-order chi connectivity index (χ1) is 5.77. The van der Waals surface area contributed by atoms with Gasteiger partial charge in [0.15, 0.2) is 0 Å². The molecular weight excluding hydrogens is 150 g/mol. The van der Waals surface area contributed by atoms with Crippen molar-refractivity contribution in [1.29, 1.82) is 5.26 Å². The summed E-state index contributed by atoms with van der Waals surface area (Å²) < 4.78 is 0. The number of nitrogens with zero attached hydrogens (tertiary/aromatic N) is 1. The van der Waals surface area contributed by atoms with Crippen LogP contribution in [0, 0.1) is 23.7 Å². The van der Waals surface area contributed by atoms with Crippen LogP contribution in [-0.4, -0.2) is 5.11 Å². The molecule has 1 atom stereocenters. The summed E-state index contributed by atoms with van der Waals surface area (Å²) in [6.45, 7) is 0. The summed E-state index contributed by atoms with van der Waals surface area (Å²) in [5.74, 6) is 2.18. The van der Waals surface area contributed by atoms with Gasteiger partial charge < -0.3 is 5.11 Å². The van der Waals surface area contributed by atoms with Gasteiger partial charge in [0.05, 0.1) is 11.6 Å². The van der Waals surface area contributed by atoms with Gasteiger partial charge in [0.2, 0.25) is 0 Å². The van der Waals surface area contributed by atoms with Gasteiger partial charge in [-0.15, -0.1) is 6.42 Å². The van der Waals surface area contributed by atoms with Crippen molar-refractivity contribution in [2.45, 2.75) is 6.10 Å². The Labute approximate surface area is 71.1 Å². The molecule has 0 aliphatic rings. The van der Waals surface area contributed by atoms with Crippen LogP contribution in [0.15, 0.2) is 24.3 Å². The fraction of sp³-hybridized carbons (Fsp3) is 0.100. The first-order valence-electron chi connectivity index (χ1n) is 3.42. The zero-order chi connectivity index (χ0) is 8.97. The van der Waals surface area contributed by atoms with Gasteiger partial charge in [0, 0.05) is 0 Å². The van der Waals surface area contributed by atoms with Gasteiger partial charge in [-0.05, 0) is 17.7 Å². The van der Waals surface area contributed by atoms with Gasteiger partial charge in [-0.1, -0.05) is 18.1 Å². The van der Waals surface area contributed by atoms with Gasteiger partial charge in [-0.3, -0.25) is 0 Å². The summed E-state index contributed by atoms with van der Waals surface area (Å²) in [6.07, 6.45) is 4.09. The summed E-state index contributed by atoms with van der Waals surface area (Å²) in [7, 11) is 0. The molecule has 1 aromatic carbocycles. The summed E-state index contributed by atoms with van der Waals surface area (Å²) >= 11 is 0. The quantitative estimate of drug-likeness (QED) is 0.623. The second kappa shape index (κ2) is 3.57. The molecule has 1 unspecified atom stereocenters. The van der Waals surface area contributed by atoms with Crippen molar-refractivity contribution < 1.29 is 5.11 Å². The van der Waals surface area contributed by atoms with Gasteiger partial charge in [-0.2, -0.15) is 5.26 Å². The molecule has 0 heterocycles. The molecule has 0 radical (unpaired) electrons. The molecule has 1 rings (SSSR count). The molecule has 0 aliphatic heterocycles. The first kappa shape index (κ1) is 8.33. The van der Waals surface area contributed by atoms with Crippen LogP contribution in [-0.2, 0) is 0 Å². The molecule has 0 bridgehead atoms. The lowest BCUT2D eigenvalue weighted by atomic mass is 10.1. The fourth-order valence-corrected chi connectivity index (χ4v) is 0.875. The molecule has 2 heteroatoms. The number of hydrogen-bond donors (Lipinski definition) is 1. The topological polar surface area (TPSA) is 44.0 Å². The Kier molecular flexibility index (Phi) is 2.48. The Bertz CT molecular complexity index is 357. The van der Waals surface area contributed by atoms with E-state index >= 15 is 0 Å². The second-order valence-electron chi connectivity index (χ2n) is 2.31. The molecule has 0 spiro atoms. The zero-order valence-corrected chi connectivity index (χ0v) is 6.36. The normalized spacial score (nSPS) is 11.2. The van der Waals surface area contributed by atoms with Crippen molar-refractivity contribution in [3.8, 4) is 18.4 Å². The Morgan fingerprint density at radius 1 is 1.50 bits per heavy atom. The monoisotopic (exact) mass is 157 g/mol. The number of nitriles is 1. The zero-order valence-electron chi connectivity index (χ0n) is 6.36. The van der Waals surface area contributed by atoms with Gasteiger partial charge in [0.1, 0.15) is 6.10 Å². The summed E-state index contributed by atoms with van der Waals surface area (Å²) in [6, 6.07) is 8.57. The van der Waals surface area contributed by atoms with E-state index in [-0.39, 0.29) is 0 Å². The Hall–Kier alpha value is -1.77. The molecule has 12 heavy (non-hydrogen) atoms. The molecule has 0 saturated heterocycles. The van der Waals surface area contributed by atoms with Crippen LogP contribution in [0.1, 0.15) is 17.2 Å². The standard InChI is InChI=1S/C10H7NO/c1-2-10(12)9-5-3-4-8(6-9)7-11/h1,3-6,10,12H. The SMILES string of the molecule is C#CC(O)c1cccc(C#N)c1. The summed E-state index contributed by atoms with van der Waals surface area (Å²) in [5, 5.41) is 17.7. The minimum absolute atomic E-state index is 0.502. The van der Waals surface area contributed by atoms with Crippen LogP contribution in [0.2, 0.25) is 0 Å². The van der Waals surface area contributed by atoms with Crippen molar-refractivity contribution in [2.24, 2.45) is 0 Å². The van der Waals surface area contributed by atoms with Crippen LogP contribution in [0.5, 0.6) is 0 Å². The minimum atomic E-state index is -0.918. The van der Waals surface area contributed by atoms with E-state index in [0.717, 1.165) is 0 Å². The van der Waals surface area contributed by atoms with E-state index in [1.165, 1.54) is 0 Å². The lowest BCUT2D eigenvalue weighted by Gasteiger charge is -2.02. The second-order valence-corrected chi connectivity index (χ2v) is 2.31. The smallest absolute Gasteiger partial charge is 0.140 e. The van der Waals surface area contributed by atoms with Crippen LogP contribution >= 0.6 is 0 Å². The van der Waals surface area contributed by atoms with E-state index in [4.69, 9.17) is 11.7 Å². The highest BCUT2D eigenvalue weighted by atomic mass is 16.3. The van der Waals surface area contributed by atoms with Crippen molar-refractivity contribution in [1.82, 2.24) is 0 Å². The van der Waals surface area contributed by atoms with E-state index < -0.39 is 6.10 Å². The molecule has 0 fully saturated rings. The summed E-state index contributed by atoms with van der Waals surface area (Å²) in [4.78, 5) is 0. The summed E-state index contributed by atoms with van der Waals surface area (Å²) in [5.41, 5.74) is 1.08. The number of aliphatic hydroxyl groups excluding tert-OH is 1. The van der Waals surface area contributed by atoms with Crippen LogP contribution in [0.4, 0.5) is 0 Å². The maximum absolute atomic E-state index is 9.20. The lowest BCUT2D eigenvalue weighted by molar-refractivity contribution is 0.238. The van der Waals surface area contributed by atoms with E-state index in [1.807, 2.05) is 6.07 Å². The molecular formula is C10H7NO. The Morgan fingerprint density at radius 3 is 2.83 bits per heavy atom. The van der Waals surface area contributed by atoms with Crippen LogP contribution in [0.25, 0.3) is 0 Å². The van der Waals surface area contributed by atoms with Gasteiger partial charge in [-0.25, -0.2) is 0 Å². The van der Waals surface area contributed by atoms with Crippen molar-refractivity contribution >= 4 is 0 Å². The molecule has 1 aromatic rings. The molecule has 58 valence electrons. The fourth-order valence-electron chi connectivity index (χ4n) is 0.875. The van der Waals surface area contributed by atoms with Gasteiger partial charge >= 0.3 is 0 Å². The largest absolute Gasteiger partial charge is 0.376 e. The molecule has 2 nitrogen and oxygen atoms in total. The van der Waals surface area contributed by atoms with Crippen molar-refractivity contribution in [3.63, 3.8) is 0 Å². The number of rotatable bonds is 1. The van der Waals surface area contributed by atoms with Crippen LogP contribution in [0.3, 0.4) is 0 Å². The predicted molar refractivity (Wildman–Crippen MR) is 44.9 cm³/mol. The van der Waals surface area contributed by atoms with Gasteiger partial charge in [0.25, 0.3) is 0 Å². The highest BCUT2D eigenvalue weighted by Crippen LogP contribution is 2.12. The highest BCUT2D eigenvalue weighted by Gasteiger charge is 2.02. The molecule has 0 aromatic heterocycles. The van der Waals surface area contributed by atoms with E-state index in [0.29, 0.717) is 11.1 Å². The Balaban J connectivity index is 3.05. The molecule has 1 N–H and O–H groups in total. The third-order valence-electron chi connectivity index (χ3n) is 1.49. The average molecular weight is 157 g/mol. The third kappa shape index (κ3) is 1.63. The van der Waals surface area contributed by atoms with E-state index in [1.54, 1.807) is 24.3 Å². The number of terminal acetylenes is 1. The number of aliphatic hydroxyl groups is 1. The van der Waals surface area contributed by atoms with Crippen molar-refractivity contribution in [3.05, 3.63) is 35.4 Å². The third-order valence-corrected chi connectivity index (χ3v) is 1.49. The van der Waals surface area contributed by atoms with E-state index in [9.17, 15) is 5.11 Å². The van der Waals surface area contributed by atoms with Crippen molar-refractivity contribution in [2.75, 3.05) is 0 Å². The first-order valence-corrected chi connectivity index (χ1v) is 3.42. The number of benzene rings is 1. The molecule has 0 amide bonds.